The highest BCUT2D eigenvalue weighted by molar-refractivity contribution is 6.30. The fourth-order valence-electron chi connectivity index (χ4n) is 2.95. The molecule has 2 aromatic rings. The molecule has 142 valence electrons. The van der Waals surface area contributed by atoms with Crippen molar-refractivity contribution < 1.29 is 14.3 Å². The van der Waals surface area contributed by atoms with Crippen LogP contribution in [0.15, 0.2) is 48.5 Å². The van der Waals surface area contributed by atoms with Gasteiger partial charge in [0.25, 0.3) is 5.91 Å². The summed E-state index contributed by atoms with van der Waals surface area (Å²) in [4.78, 5) is 26.7. The fourth-order valence-corrected chi connectivity index (χ4v) is 3.14. The summed E-state index contributed by atoms with van der Waals surface area (Å²) in [5, 5.41) is 5.98. The van der Waals surface area contributed by atoms with Crippen LogP contribution in [0.5, 0.6) is 0 Å². The number of urea groups is 1. The van der Waals surface area contributed by atoms with Gasteiger partial charge in [-0.2, -0.15) is 0 Å². The van der Waals surface area contributed by atoms with Gasteiger partial charge in [-0.15, -0.1) is 0 Å². The third-order valence-electron chi connectivity index (χ3n) is 4.36. The van der Waals surface area contributed by atoms with Gasteiger partial charge in [-0.1, -0.05) is 17.7 Å². The number of ether oxygens (including phenoxy) is 1. The first kappa shape index (κ1) is 19.2. The van der Waals surface area contributed by atoms with Gasteiger partial charge in [-0.25, -0.2) is 4.79 Å². The molecule has 1 aliphatic heterocycles. The zero-order valence-corrected chi connectivity index (χ0v) is 16.0. The minimum absolute atomic E-state index is 0.0433. The Morgan fingerprint density at radius 1 is 1.07 bits per heavy atom. The highest BCUT2D eigenvalue weighted by atomic mass is 35.5. The summed E-state index contributed by atoms with van der Waals surface area (Å²) in [6.07, 6.45) is 0. The van der Waals surface area contributed by atoms with E-state index in [1.165, 1.54) is 0 Å². The van der Waals surface area contributed by atoms with E-state index in [-0.39, 0.29) is 17.5 Å². The smallest absolute Gasteiger partial charge is 0.323 e. The molecule has 1 heterocycles. The third-order valence-corrected chi connectivity index (χ3v) is 4.60. The molecule has 7 heteroatoms. The maximum absolute atomic E-state index is 12.8. The molecule has 3 rings (SSSR count). The van der Waals surface area contributed by atoms with E-state index in [2.05, 4.69) is 10.6 Å². The highest BCUT2D eigenvalue weighted by Gasteiger charge is 2.34. The van der Waals surface area contributed by atoms with E-state index in [9.17, 15) is 9.59 Å². The van der Waals surface area contributed by atoms with Gasteiger partial charge >= 0.3 is 6.03 Å². The zero-order valence-electron chi connectivity index (χ0n) is 15.3. The Hall–Kier alpha value is -2.57. The van der Waals surface area contributed by atoms with Crippen LogP contribution in [0.1, 0.15) is 24.2 Å². The number of carbonyl (C=O) groups is 2. The molecule has 0 spiro atoms. The summed E-state index contributed by atoms with van der Waals surface area (Å²) in [6, 6.07) is 13.3. The lowest BCUT2D eigenvalue weighted by molar-refractivity contribution is -0.0370. The van der Waals surface area contributed by atoms with Crippen LogP contribution in [-0.4, -0.2) is 42.1 Å². The number of anilines is 2. The van der Waals surface area contributed by atoms with Gasteiger partial charge < -0.3 is 20.3 Å². The van der Waals surface area contributed by atoms with Crippen LogP contribution in [0.3, 0.4) is 0 Å². The van der Waals surface area contributed by atoms with Gasteiger partial charge in [0.1, 0.15) is 0 Å². The van der Waals surface area contributed by atoms with Crippen LogP contribution in [0.4, 0.5) is 16.2 Å². The van der Waals surface area contributed by atoms with Gasteiger partial charge in [0.15, 0.2) is 0 Å². The molecule has 0 radical (unpaired) electrons. The van der Waals surface area contributed by atoms with Gasteiger partial charge in [-0.05, 0) is 56.3 Å². The number of hydrogen-bond acceptors (Lipinski definition) is 3. The lowest BCUT2D eigenvalue weighted by Gasteiger charge is -2.42. The van der Waals surface area contributed by atoms with Crippen LogP contribution < -0.4 is 10.6 Å². The largest absolute Gasteiger partial charge is 0.377 e. The third kappa shape index (κ3) is 4.78. The number of benzene rings is 2. The quantitative estimate of drug-likeness (QED) is 0.827. The Morgan fingerprint density at radius 2 is 1.78 bits per heavy atom. The second-order valence-electron chi connectivity index (χ2n) is 6.99. The molecule has 0 aliphatic carbocycles. The molecule has 6 nitrogen and oxygen atoms in total. The summed E-state index contributed by atoms with van der Waals surface area (Å²) in [5.74, 6) is -0.0433. The predicted molar refractivity (Wildman–Crippen MR) is 106 cm³/mol. The van der Waals surface area contributed by atoms with E-state index in [4.69, 9.17) is 16.3 Å². The standard InChI is InChI=1S/C20H22ClN3O3/c1-20(2)13-27-11-10-24(20)18(25)14-6-8-16(9-7-14)22-19(26)23-17-5-3-4-15(21)12-17/h3-9,12H,10-11,13H2,1-2H3,(H2,22,23,26). The molecule has 2 N–H and O–H groups in total. The van der Waals surface area contributed by atoms with E-state index >= 15 is 0 Å². The van der Waals surface area contributed by atoms with Crippen LogP contribution >= 0.6 is 11.6 Å². The first-order valence-electron chi connectivity index (χ1n) is 8.68. The molecule has 0 aromatic heterocycles. The lowest BCUT2D eigenvalue weighted by Crippen LogP contribution is -2.55. The Labute approximate surface area is 163 Å². The molecule has 3 amide bonds. The predicted octanol–water partition coefficient (Wildman–Crippen LogP) is 4.24. The second-order valence-corrected chi connectivity index (χ2v) is 7.43. The van der Waals surface area contributed by atoms with E-state index in [0.29, 0.717) is 41.7 Å². The Balaban J connectivity index is 1.63. The number of halogens is 1. The van der Waals surface area contributed by atoms with Crippen molar-refractivity contribution in [2.24, 2.45) is 0 Å². The molecule has 0 bridgehead atoms. The van der Waals surface area contributed by atoms with Crippen molar-refractivity contribution in [3.63, 3.8) is 0 Å². The fraction of sp³-hybridized carbons (Fsp3) is 0.300. The first-order chi connectivity index (χ1) is 12.8. The maximum Gasteiger partial charge on any atom is 0.323 e. The van der Waals surface area contributed by atoms with Gasteiger partial charge in [0.05, 0.1) is 18.8 Å². The number of hydrogen-bond donors (Lipinski definition) is 2. The number of nitrogens with zero attached hydrogens (tertiary/aromatic N) is 1. The zero-order chi connectivity index (χ0) is 19.4. The topological polar surface area (TPSA) is 70.7 Å². The molecule has 1 fully saturated rings. The molecule has 1 aliphatic rings. The van der Waals surface area contributed by atoms with E-state index in [0.717, 1.165) is 0 Å². The summed E-state index contributed by atoms with van der Waals surface area (Å²) in [7, 11) is 0. The molecule has 1 saturated heterocycles. The molecule has 0 unspecified atom stereocenters. The van der Waals surface area contributed by atoms with Gasteiger partial charge in [0, 0.05) is 28.5 Å². The van der Waals surface area contributed by atoms with Crippen molar-refractivity contribution in [2.75, 3.05) is 30.4 Å². The Morgan fingerprint density at radius 3 is 2.44 bits per heavy atom. The monoisotopic (exact) mass is 387 g/mol. The highest BCUT2D eigenvalue weighted by Crippen LogP contribution is 2.22. The Bertz CT molecular complexity index is 837. The van der Waals surface area contributed by atoms with Crippen LogP contribution in [0, 0.1) is 0 Å². The molecule has 27 heavy (non-hydrogen) atoms. The number of rotatable bonds is 3. The van der Waals surface area contributed by atoms with Gasteiger partial charge in [0.2, 0.25) is 0 Å². The number of amides is 3. The normalized spacial score (nSPS) is 15.9. The van der Waals surface area contributed by atoms with Crippen molar-refractivity contribution in [1.82, 2.24) is 4.90 Å². The molecule has 2 aromatic carbocycles. The second kappa shape index (κ2) is 7.98. The van der Waals surface area contributed by atoms with Crippen molar-refractivity contribution in [2.45, 2.75) is 19.4 Å². The van der Waals surface area contributed by atoms with E-state index in [1.807, 2.05) is 18.7 Å². The van der Waals surface area contributed by atoms with Crippen molar-refractivity contribution >= 4 is 34.9 Å². The van der Waals surface area contributed by atoms with Crippen LogP contribution in [0.25, 0.3) is 0 Å². The number of morpholine rings is 1. The molecular weight excluding hydrogens is 366 g/mol. The van der Waals surface area contributed by atoms with Crippen LogP contribution in [0.2, 0.25) is 5.02 Å². The van der Waals surface area contributed by atoms with Crippen molar-refractivity contribution in [3.05, 3.63) is 59.1 Å². The maximum atomic E-state index is 12.8. The average Bonchev–Trinajstić information content (AvgIpc) is 2.61. The van der Waals surface area contributed by atoms with Crippen LogP contribution in [-0.2, 0) is 4.74 Å². The van der Waals surface area contributed by atoms with Crippen molar-refractivity contribution in [1.29, 1.82) is 0 Å². The average molecular weight is 388 g/mol. The summed E-state index contributed by atoms with van der Waals surface area (Å²) in [5.41, 5.74) is 1.42. The SMILES string of the molecule is CC1(C)COCCN1C(=O)c1ccc(NC(=O)Nc2cccc(Cl)c2)cc1. The lowest BCUT2D eigenvalue weighted by atomic mass is 10.0. The van der Waals surface area contributed by atoms with Gasteiger partial charge in [-0.3, -0.25) is 4.79 Å². The van der Waals surface area contributed by atoms with E-state index < -0.39 is 0 Å². The summed E-state index contributed by atoms with van der Waals surface area (Å²) < 4.78 is 5.46. The summed E-state index contributed by atoms with van der Waals surface area (Å²) >= 11 is 5.90. The molecule has 0 saturated carbocycles. The Kier molecular flexibility index (Phi) is 5.68. The van der Waals surface area contributed by atoms with E-state index in [1.54, 1.807) is 48.5 Å². The minimum atomic E-state index is -0.384. The summed E-state index contributed by atoms with van der Waals surface area (Å²) in [6.45, 7) is 5.59. The van der Waals surface area contributed by atoms with Crippen molar-refractivity contribution in [3.8, 4) is 0 Å². The minimum Gasteiger partial charge on any atom is -0.377 e. The molecular formula is C20H22ClN3O3. The number of carbonyl (C=O) groups excluding carboxylic acids is 2. The number of nitrogens with one attached hydrogen (secondary N) is 2. The first-order valence-corrected chi connectivity index (χ1v) is 9.06. The molecule has 0 atom stereocenters.